The third kappa shape index (κ3) is 6.01. The van der Waals surface area contributed by atoms with Crippen LogP contribution in [0.25, 0.3) is 0 Å². The molecule has 25 heavy (non-hydrogen) atoms. The molecule has 5 heteroatoms. The SMILES string of the molecule is CCN(CC)CCOc1ccc(C(=O)N2CCCC(CNC)C2)cc1. The summed E-state index contributed by atoms with van der Waals surface area (Å²) in [6, 6.07) is 7.59. The zero-order valence-electron chi connectivity index (χ0n) is 16.0. The Hall–Kier alpha value is -1.59. The van der Waals surface area contributed by atoms with Gasteiger partial charge in [-0.25, -0.2) is 0 Å². The Morgan fingerprint density at radius 3 is 2.64 bits per heavy atom. The summed E-state index contributed by atoms with van der Waals surface area (Å²) in [5.41, 5.74) is 0.751. The second-order valence-electron chi connectivity index (χ2n) is 6.72. The predicted molar refractivity (Wildman–Crippen MR) is 102 cm³/mol. The molecule has 1 fully saturated rings. The lowest BCUT2D eigenvalue weighted by molar-refractivity contribution is 0.0674. The average molecular weight is 348 g/mol. The van der Waals surface area contributed by atoms with E-state index >= 15 is 0 Å². The van der Waals surface area contributed by atoms with E-state index in [0.29, 0.717) is 12.5 Å². The van der Waals surface area contributed by atoms with Crippen molar-refractivity contribution in [3.63, 3.8) is 0 Å². The van der Waals surface area contributed by atoms with Gasteiger partial charge in [0.15, 0.2) is 0 Å². The van der Waals surface area contributed by atoms with Crippen LogP contribution in [-0.2, 0) is 0 Å². The highest BCUT2D eigenvalue weighted by Gasteiger charge is 2.24. The Kier molecular flexibility index (Phi) is 8.22. The minimum Gasteiger partial charge on any atom is -0.492 e. The van der Waals surface area contributed by atoms with E-state index in [2.05, 4.69) is 24.1 Å². The number of benzene rings is 1. The third-order valence-electron chi connectivity index (χ3n) is 4.97. The molecule has 1 aromatic carbocycles. The first-order valence-corrected chi connectivity index (χ1v) is 9.57. The highest BCUT2D eigenvalue weighted by atomic mass is 16.5. The number of rotatable bonds is 9. The molecule has 2 rings (SSSR count). The summed E-state index contributed by atoms with van der Waals surface area (Å²) in [6.07, 6.45) is 2.29. The van der Waals surface area contributed by atoms with Crippen LogP contribution in [0.5, 0.6) is 5.75 Å². The van der Waals surface area contributed by atoms with Crippen molar-refractivity contribution in [2.45, 2.75) is 26.7 Å². The molecule has 1 aliphatic rings. The molecule has 0 saturated carbocycles. The molecule has 0 aliphatic carbocycles. The number of hydrogen-bond donors (Lipinski definition) is 1. The summed E-state index contributed by atoms with van der Waals surface area (Å²) in [4.78, 5) is 17.0. The standard InChI is InChI=1S/C20H33N3O2/c1-4-22(5-2)13-14-25-19-10-8-18(9-11-19)20(24)23-12-6-7-17(16-23)15-21-3/h8-11,17,21H,4-7,12-16H2,1-3H3. The van der Waals surface area contributed by atoms with Gasteiger partial charge in [0.1, 0.15) is 12.4 Å². The van der Waals surface area contributed by atoms with Gasteiger partial charge in [0.25, 0.3) is 5.91 Å². The van der Waals surface area contributed by atoms with Crippen LogP contribution in [-0.4, -0.2) is 68.6 Å². The van der Waals surface area contributed by atoms with Crippen LogP contribution in [0.3, 0.4) is 0 Å². The number of piperidine rings is 1. The van der Waals surface area contributed by atoms with Gasteiger partial charge >= 0.3 is 0 Å². The Morgan fingerprint density at radius 2 is 2.00 bits per heavy atom. The van der Waals surface area contributed by atoms with Gasteiger partial charge in [-0.05, 0) is 69.7 Å². The van der Waals surface area contributed by atoms with Gasteiger partial charge in [0, 0.05) is 25.2 Å². The van der Waals surface area contributed by atoms with E-state index in [1.165, 1.54) is 6.42 Å². The maximum atomic E-state index is 12.7. The summed E-state index contributed by atoms with van der Waals surface area (Å²) >= 11 is 0. The second kappa shape index (κ2) is 10.4. The van der Waals surface area contributed by atoms with Crippen molar-refractivity contribution in [1.82, 2.24) is 15.1 Å². The average Bonchev–Trinajstić information content (AvgIpc) is 2.66. The maximum absolute atomic E-state index is 12.7. The monoisotopic (exact) mass is 347 g/mol. The minimum absolute atomic E-state index is 0.135. The van der Waals surface area contributed by atoms with Crippen LogP contribution in [0.2, 0.25) is 0 Å². The van der Waals surface area contributed by atoms with Crippen molar-refractivity contribution in [2.75, 3.05) is 52.9 Å². The van der Waals surface area contributed by atoms with Gasteiger partial charge in [-0.3, -0.25) is 4.79 Å². The molecule has 1 amide bonds. The van der Waals surface area contributed by atoms with Crippen molar-refractivity contribution in [3.05, 3.63) is 29.8 Å². The molecule has 0 spiro atoms. The number of carbonyl (C=O) groups excluding carboxylic acids is 1. The fourth-order valence-electron chi connectivity index (χ4n) is 3.41. The molecule has 1 heterocycles. The zero-order valence-corrected chi connectivity index (χ0v) is 16.0. The van der Waals surface area contributed by atoms with E-state index in [1.54, 1.807) is 0 Å². The fourth-order valence-corrected chi connectivity index (χ4v) is 3.41. The molecular weight excluding hydrogens is 314 g/mol. The smallest absolute Gasteiger partial charge is 0.253 e. The van der Waals surface area contributed by atoms with Crippen LogP contribution in [0.1, 0.15) is 37.0 Å². The summed E-state index contributed by atoms with van der Waals surface area (Å²) in [5.74, 6) is 1.52. The molecule has 1 aromatic rings. The lowest BCUT2D eigenvalue weighted by atomic mass is 9.97. The van der Waals surface area contributed by atoms with Crippen molar-refractivity contribution in [3.8, 4) is 5.75 Å². The maximum Gasteiger partial charge on any atom is 0.253 e. The van der Waals surface area contributed by atoms with Crippen LogP contribution in [0, 0.1) is 5.92 Å². The van der Waals surface area contributed by atoms with E-state index in [0.717, 1.165) is 57.0 Å². The van der Waals surface area contributed by atoms with E-state index in [1.807, 2.05) is 36.2 Å². The highest BCUT2D eigenvalue weighted by molar-refractivity contribution is 5.94. The predicted octanol–water partition coefficient (Wildman–Crippen LogP) is 2.48. The number of amides is 1. The molecular formula is C20H33N3O2. The molecule has 0 bridgehead atoms. The number of hydrogen-bond acceptors (Lipinski definition) is 4. The van der Waals surface area contributed by atoms with Gasteiger partial charge in [-0.15, -0.1) is 0 Å². The van der Waals surface area contributed by atoms with Crippen LogP contribution < -0.4 is 10.1 Å². The molecule has 1 unspecified atom stereocenters. The van der Waals surface area contributed by atoms with Crippen LogP contribution in [0.4, 0.5) is 0 Å². The lowest BCUT2D eigenvalue weighted by Crippen LogP contribution is -2.42. The molecule has 5 nitrogen and oxygen atoms in total. The molecule has 0 radical (unpaired) electrons. The van der Waals surface area contributed by atoms with Crippen molar-refractivity contribution >= 4 is 5.91 Å². The zero-order chi connectivity index (χ0) is 18.1. The highest BCUT2D eigenvalue weighted by Crippen LogP contribution is 2.19. The van der Waals surface area contributed by atoms with Gasteiger partial charge < -0.3 is 19.9 Å². The second-order valence-corrected chi connectivity index (χ2v) is 6.72. The lowest BCUT2D eigenvalue weighted by Gasteiger charge is -2.32. The number of carbonyl (C=O) groups is 1. The topological polar surface area (TPSA) is 44.8 Å². The van der Waals surface area contributed by atoms with Gasteiger partial charge in [-0.2, -0.15) is 0 Å². The molecule has 1 aliphatic heterocycles. The first-order valence-electron chi connectivity index (χ1n) is 9.57. The largest absolute Gasteiger partial charge is 0.492 e. The van der Waals surface area contributed by atoms with E-state index in [4.69, 9.17) is 4.74 Å². The summed E-state index contributed by atoms with van der Waals surface area (Å²) in [5, 5.41) is 3.22. The first kappa shape index (κ1) is 19.7. The van der Waals surface area contributed by atoms with Crippen molar-refractivity contribution in [2.24, 2.45) is 5.92 Å². The Labute approximate surface area is 152 Å². The third-order valence-corrected chi connectivity index (χ3v) is 4.97. The first-order chi connectivity index (χ1) is 12.2. The van der Waals surface area contributed by atoms with Crippen molar-refractivity contribution < 1.29 is 9.53 Å². The molecule has 140 valence electrons. The Morgan fingerprint density at radius 1 is 1.28 bits per heavy atom. The molecule has 1 saturated heterocycles. The minimum atomic E-state index is 0.135. The molecule has 0 aromatic heterocycles. The van der Waals surface area contributed by atoms with Crippen molar-refractivity contribution in [1.29, 1.82) is 0 Å². The van der Waals surface area contributed by atoms with Crippen LogP contribution >= 0.6 is 0 Å². The summed E-state index contributed by atoms with van der Waals surface area (Å²) in [6.45, 7) is 10.7. The fraction of sp³-hybridized carbons (Fsp3) is 0.650. The Bertz CT molecular complexity index is 512. The number of likely N-dealkylation sites (N-methyl/N-ethyl adjacent to an activating group) is 1. The number of ether oxygens (including phenoxy) is 1. The number of nitrogens with one attached hydrogen (secondary N) is 1. The number of likely N-dealkylation sites (tertiary alicyclic amines) is 1. The molecule has 1 atom stereocenters. The Balaban J connectivity index is 1.85. The normalized spacial score (nSPS) is 17.8. The van der Waals surface area contributed by atoms with Gasteiger partial charge in [0.2, 0.25) is 0 Å². The quantitative estimate of drug-likeness (QED) is 0.745. The van der Waals surface area contributed by atoms with E-state index < -0.39 is 0 Å². The summed E-state index contributed by atoms with van der Waals surface area (Å²) < 4.78 is 5.79. The number of nitrogens with zero attached hydrogens (tertiary/aromatic N) is 2. The molecule has 1 N–H and O–H groups in total. The van der Waals surface area contributed by atoms with Crippen LogP contribution in [0.15, 0.2) is 24.3 Å². The van der Waals surface area contributed by atoms with Gasteiger partial charge in [0.05, 0.1) is 0 Å². The van der Waals surface area contributed by atoms with Gasteiger partial charge in [-0.1, -0.05) is 13.8 Å². The van der Waals surface area contributed by atoms with E-state index in [-0.39, 0.29) is 5.91 Å². The van der Waals surface area contributed by atoms with E-state index in [9.17, 15) is 4.79 Å². The summed E-state index contributed by atoms with van der Waals surface area (Å²) in [7, 11) is 1.97.